The second kappa shape index (κ2) is 7.83. The fourth-order valence-corrected chi connectivity index (χ4v) is 3.45. The molecule has 1 unspecified atom stereocenters. The Bertz CT molecular complexity index is 867. The number of nitrogens with zero attached hydrogens (tertiary/aromatic N) is 2. The first kappa shape index (κ1) is 18.3. The first-order valence-corrected chi connectivity index (χ1v) is 9.12. The molecule has 0 spiro atoms. The molecule has 6 nitrogen and oxygen atoms in total. The molecule has 0 saturated carbocycles. The topological polar surface area (TPSA) is 76.0 Å². The van der Waals surface area contributed by atoms with Crippen LogP contribution in [0.2, 0.25) is 0 Å². The van der Waals surface area contributed by atoms with Crippen LogP contribution >= 0.6 is 0 Å². The van der Waals surface area contributed by atoms with Crippen molar-refractivity contribution in [2.75, 3.05) is 18.4 Å². The Morgan fingerprint density at radius 3 is 2.81 bits per heavy atom. The maximum Gasteiger partial charge on any atom is 0.263 e. The van der Waals surface area contributed by atoms with E-state index in [1.807, 2.05) is 32.0 Å². The summed E-state index contributed by atoms with van der Waals surface area (Å²) in [5.41, 5.74) is 2.91. The molecule has 1 saturated heterocycles. The van der Waals surface area contributed by atoms with Gasteiger partial charge in [-0.05, 0) is 76.4 Å². The average Bonchev–Trinajstić information content (AvgIpc) is 2.61. The summed E-state index contributed by atoms with van der Waals surface area (Å²) in [6.07, 6.45) is 4.02. The van der Waals surface area contributed by atoms with Crippen molar-refractivity contribution in [1.82, 2.24) is 14.9 Å². The molecule has 2 N–H and O–H groups in total. The van der Waals surface area contributed by atoms with Crippen molar-refractivity contribution >= 4 is 11.6 Å². The highest BCUT2D eigenvalue weighted by Gasteiger charge is 2.19. The first-order valence-electron chi connectivity index (χ1n) is 9.12. The van der Waals surface area contributed by atoms with E-state index < -0.39 is 0 Å². The summed E-state index contributed by atoms with van der Waals surface area (Å²) in [5.74, 6) is 0.0426. The third kappa shape index (κ3) is 4.02. The van der Waals surface area contributed by atoms with Crippen molar-refractivity contribution in [3.63, 3.8) is 0 Å². The molecule has 3 rings (SSSR count). The first-order chi connectivity index (χ1) is 12.5. The molecule has 0 aliphatic carbocycles. The van der Waals surface area contributed by atoms with Gasteiger partial charge >= 0.3 is 0 Å². The SMILES string of the molecule is Cc1ccc(NC(=O)c2c(C)ccn(CC3CCCNC3)c2=O)c(C)n1. The van der Waals surface area contributed by atoms with Gasteiger partial charge in [-0.15, -0.1) is 0 Å². The van der Waals surface area contributed by atoms with E-state index in [9.17, 15) is 9.59 Å². The molecule has 0 radical (unpaired) electrons. The zero-order chi connectivity index (χ0) is 18.7. The van der Waals surface area contributed by atoms with E-state index in [4.69, 9.17) is 0 Å². The number of hydrogen-bond acceptors (Lipinski definition) is 4. The number of pyridine rings is 2. The minimum atomic E-state index is -0.377. The molecule has 6 heteroatoms. The molecule has 2 aromatic heterocycles. The van der Waals surface area contributed by atoms with E-state index >= 15 is 0 Å². The summed E-state index contributed by atoms with van der Waals surface area (Å²) in [6.45, 7) is 8.13. The molecule has 1 aliphatic heterocycles. The third-order valence-electron chi connectivity index (χ3n) is 4.93. The van der Waals surface area contributed by atoms with E-state index in [2.05, 4.69) is 15.6 Å². The second-order valence-corrected chi connectivity index (χ2v) is 7.08. The van der Waals surface area contributed by atoms with Crippen LogP contribution in [-0.2, 0) is 6.54 Å². The summed E-state index contributed by atoms with van der Waals surface area (Å²) in [6, 6.07) is 5.50. The van der Waals surface area contributed by atoms with Gasteiger partial charge in [0.25, 0.3) is 11.5 Å². The molecule has 3 heterocycles. The van der Waals surface area contributed by atoms with Gasteiger partial charge in [0.15, 0.2) is 0 Å². The summed E-state index contributed by atoms with van der Waals surface area (Å²) >= 11 is 0. The lowest BCUT2D eigenvalue weighted by molar-refractivity contribution is 0.102. The van der Waals surface area contributed by atoms with Crippen LogP contribution in [0.5, 0.6) is 0 Å². The fraction of sp³-hybridized carbons (Fsp3) is 0.450. The molecule has 2 aromatic rings. The number of hydrogen-bond donors (Lipinski definition) is 2. The maximum absolute atomic E-state index is 12.9. The summed E-state index contributed by atoms with van der Waals surface area (Å²) in [7, 11) is 0. The predicted octanol–water partition coefficient (Wildman–Crippen LogP) is 2.42. The molecule has 1 aliphatic rings. The minimum absolute atomic E-state index is 0.205. The number of amides is 1. The maximum atomic E-state index is 12.9. The number of carbonyl (C=O) groups is 1. The lowest BCUT2D eigenvalue weighted by Gasteiger charge is -2.23. The molecule has 1 fully saturated rings. The molecule has 0 aromatic carbocycles. The van der Waals surface area contributed by atoms with E-state index in [-0.39, 0.29) is 17.0 Å². The van der Waals surface area contributed by atoms with Crippen LogP contribution in [0.15, 0.2) is 29.2 Å². The molecule has 0 bridgehead atoms. The van der Waals surface area contributed by atoms with E-state index in [0.29, 0.717) is 23.7 Å². The predicted molar refractivity (Wildman–Crippen MR) is 103 cm³/mol. The van der Waals surface area contributed by atoms with Crippen LogP contribution in [0.3, 0.4) is 0 Å². The molecular weight excluding hydrogens is 328 g/mol. The monoisotopic (exact) mass is 354 g/mol. The molecule has 26 heavy (non-hydrogen) atoms. The molecule has 1 amide bonds. The second-order valence-electron chi connectivity index (χ2n) is 7.08. The number of anilines is 1. The van der Waals surface area contributed by atoms with Crippen LogP contribution in [0.25, 0.3) is 0 Å². The Morgan fingerprint density at radius 2 is 2.12 bits per heavy atom. The Kier molecular flexibility index (Phi) is 5.52. The summed E-state index contributed by atoms with van der Waals surface area (Å²) in [5, 5.41) is 6.20. The van der Waals surface area contributed by atoms with Gasteiger partial charge in [-0.2, -0.15) is 0 Å². The number of nitrogens with one attached hydrogen (secondary N) is 2. The van der Waals surface area contributed by atoms with Crippen LogP contribution in [0.4, 0.5) is 5.69 Å². The Labute approximate surface area is 153 Å². The molecular formula is C20H26N4O2. The van der Waals surface area contributed by atoms with Crippen LogP contribution in [0.1, 0.15) is 40.2 Å². The zero-order valence-electron chi connectivity index (χ0n) is 15.6. The summed E-state index contributed by atoms with van der Waals surface area (Å²) in [4.78, 5) is 30.0. The van der Waals surface area contributed by atoms with Gasteiger partial charge in [0.2, 0.25) is 0 Å². The number of aromatic nitrogens is 2. The van der Waals surface area contributed by atoms with Gasteiger partial charge in [0, 0.05) is 18.4 Å². The van der Waals surface area contributed by atoms with Gasteiger partial charge < -0.3 is 15.2 Å². The van der Waals surface area contributed by atoms with Crippen molar-refractivity contribution < 1.29 is 4.79 Å². The summed E-state index contributed by atoms with van der Waals surface area (Å²) < 4.78 is 1.67. The van der Waals surface area contributed by atoms with Gasteiger partial charge in [0.1, 0.15) is 5.56 Å². The zero-order valence-corrected chi connectivity index (χ0v) is 15.6. The highest BCUT2D eigenvalue weighted by atomic mass is 16.2. The lowest BCUT2D eigenvalue weighted by Crippen LogP contribution is -2.36. The van der Waals surface area contributed by atoms with Crippen molar-refractivity contribution in [3.8, 4) is 0 Å². The van der Waals surface area contributed by atoms with Gasteiger partial charge in [-0.1, -0.05) is 0 Å². The van der Waals surface area contributed by atoms with E-state index in [1.54, 1.807) is 17.7 Å². The van der Waals surface area contributed by atoms with Crippen LogP contribution in [0, 0.1) is 26.7 Å². The highest BCUT2D eigenvalue weighted by Crippen LogP contribution is 2.15. The van der Waals surface area contributed by atoms with Crippen molar-refractivity contribution in [2.45, 2.75) is 40.2 Å². The number of rotatable bonds is 4. The number of carbonyl (C=O) groups excluding carboxylic acids is 1. The van der Waals surface area contributed by atoms with E-state index in [0.717, 1.165) is 37.3 Å². The molecule has 138 valence electrons. The Balaban J connectivity index is 1.85. The molecule has 1 atom stereocenters. The van der Waals surface area contributed by atoms with Crippen molar-refractivity contribution in [3.05, 3.63) is 57.3 Å². The number of aryl methyl sites for hydroxylation is 3. The van der Waals surface area contributed by atoms with Gasteiger partial charge in [-0.3, -0.25) is 14.6 Å². The minimum Gasteiger partial charge on any atom is -0.320 e. The Morgan fingerprint density at radius 1 is 1.31 bits per heavy atom. The van der Waals surface area contributed by atoms with Crippen LogP contribution < -0.4 is 16.2 Å². The standard InChI is InChI=1S/C20H26N4O2/c1-13-8-10-24(12-16-5-4-9-21-11-16)20(26)18(13)19(25)23-17-7-6-14(2)22-15(17)3/h6-8,10,16,21H,4-5,9,11-12H2,1-3H3,(H,23,25). The number of piperidine rings is 1. The van der Waals surface area contributed by atoms with Crippen molar-refractivity contribution in [2.24, 2.45) is 5.92 Å². The van der Waals surface area contributed by atoms with E-state index in [1.165, 1.54) is 0 Å². The lowest BCUT2D eigenvalue weighted by atomic mass is 9.99. The van der Waals surface area contributed by atoms with Gasteiger partial charge in [0.05, 0.1) is 11.4 Å². The highest BCUT2D eigenvalue weighted by molar-refractivity contribution is 6.05. The normalized spacial score (nSPS) is 17.1. The van der Waals surface area contributed by atoms with Crippen molar-refractivity contribution in [1.29, 1.82) is 0 Å². The largest absolute Gasteiger partial charge is 0.320 e. The van der Waals surface area contributed by atoms with Crippen LogP contribution in [-0.4, -0.2) is 28.5 Å². The smallest absolute Gasteiger partial charge is 0.263 e. The fourth-order valence-electron chi connectivity index (χ4n) is 3.45. The Hall–Kier alpha value is -2.47. The average molecular weight is 354 g/mol. The van der Waals surface area contributed by atoms with Gasteiger partial charge in [-0.25, -0.2) is 0 Å². The quantitative estimate of drug-likeness (QED) is 0.884. The third-order valence-corrected chi connectivity index (χ3v) is 4.93.